The molecule has 0 unspecified atom stereocenters. The van der Waals surface area contributed by atoms with E-state index in [2.05, 4.69) is 9.97 Å². The van der Waals surface area contributed by atoms with Gasteiger partial charge in [0.05, 0.1) is 15.3 Å². The highest BCUT2D eigenvalue weighted by Crippen LogP contribution is 2.36. The Kier molecular flexibility index (Phi) is 3.72. The molecule has 0 aliphatic carbocycles. The van der Waals surface area contributed by atoms with E-state index in [1.807, 2.05) is 24.3 Å². The number of fused-ring (bicyclic) bond motifs is 1. The Morgan fingerprint density at radius 3 is 2.57 bits per heavy atom. The third-order valence-electron chi connectivity index (χ3n) is 2.81. The van der Waals surface area contributed by atoms with Gasteiger partial charge in [0, 0.05) is 11.5 Å². The van der Waals surface area contributed by atoms with Gasteiger partial charge in [-0.2, -0.15) is 0 Å². The van der Waals surface area contributed by atoms with Crippen molar-refractivity contribution in [1.82, 2.24) is 9.97 Å². The molecule has 0 aliphatic rings. The Morgan fingerprint density at radius 2 is 1.76 bits per heavy atom. The van der Waals surface area contributed by atoms with E-state index in [0.717, 1.165) is 5.39 Å². The van der Waals surface area contributed by atoms with Crippen molar-refractivity contribution in [2.45, 2.75) is 9.92 Å². The molecule has 104 valence electrons. The number of nitro groups is 1. The van der Waals surface area contributed by atoms with Gasteiger partial charge in [-0.1, -0.05) is 42.1 Å². The van der Waals surface area contributed by atoms with E-state index in [1.54, 1.807) is 18.2 Å². The number of hydrogen-bond acceptors (Lipinski definition) is 5. The Hall–Kier alpha value is -2.18. The van der Waals surface area contributed by atoms with Crippen molar-refractivity contribution in [3.63, 3.8) is 0 Å². The third kappa shape index (κ3) is 2.81. The van der Waals surface area contributed by atoms with Crippen molar-refractivity contribution in [2.24, 2.45) is 0 Å². The number of aromatic nitrogens is 2. The molecule has 7 heteroatoms. The molecular weight excluding hydrogens is 310 g/mol. The molecule has 0 amide bonds. The standard InChI is InChI=1S/C14H8ClN3O2S/c15-14-16-10-6-2-1-5-9(10)13(17-14)21-12-8-4-3-7-11(12)18(19)20/h1-8H. The van der Waals surface area contributed by atoms with E-state index >= 15 is 0 Å². The molecule has 0 radical (unpaired) electrons. The van der Waals surface area contributed by atoms with Crippen LogP contribution in [0.1, 0.15) is 0 Å². The molecule has 2 aromatic carbocycles. The molecule has 1 heterocycles. The van der Waals surface area contributed by atoms with Crippen LogP contribution in [0.3, 0.4) is 0 Å². The Balaban J connectivity index is 2.13. The van der Waals surface area contributed by atoms with Crippen molar-refractivity contribution < 1.29 is 4.92 Å². The molecule has 0 aliphatic heterocycles. The summed E-state index contributed by atoms with van der Waals surface area (Å²) in [5, 5.41) is 12.6. The molecule has 21 heavy (non-hydrogen) atoms. The average Bonchev–Trinajstić information content (AvgIpc) is 2.47. The zero-order valence-corrected chi connectivity index (χ0v) is 12.1. The molecule has 0 saturated heterocycles. The van der Waals surface area contributed by atoms with Gasteiger partial charge in [-0.25, -0.2) is 9.97 Å². The summed E-state index contributed by atoms with van der Waals surface area (Å²) in [7, 11) is 0. The highest BCUT2D eigenvalue weighted by Gasteiger charge is 2.16. The topological polar surface area (TPSA) is 68.9 Å². The number of rotatable bonds is 3. The van der Waals surface area contributed by atoms with Gasteiger partial charge in [-0.05, 0) is 23.7 Å². The van der Waals surface area contributed by atoms with E-state index in [-0.39, 0.29) is 11.0 Å². The summed E-state index contributed by atoms with van der Waals surface area (Å²) in [6.45, 7) is 0. The molecule has 3 aromatic rings. The summed E-state index contributed by atoms with van der Waals surface area (Å²) in [4.78, 5) is 19.5. The zero-order valence-electron chi connectivity index (χ0n) is 10.6. The van der Waals surface area contributed by atoms with Crippen LogP contribution < -0.4 is 0 Å². The minimum atomic E-state index is -0.409. The van der Waals surface area contributed by atoms with Gasteiger partial charge in [0.2, 0.25) is 5.28 Å². The van der Waals surface area contributed by atoms with Crippen LogP contribution in [-0.4, -0.2) is 14.9 Å². The van der Waals surface area contributed by atoms with Crippen molar-refractivity contribution in [1.29, 1.82) is 0 Å². The van der Waals surface area contributed by atoms with Crippen molar-refractivity contribution in [3.05, 3.63) is 63.9 Å². The largest absolute Gasteiger partial charge is 0.283 e. The van der Waals surface area contributed by atoms with Crippen molar-refractivity contribution in [3.8, 4) is 0 Å². The van der Waals surface area contributed by atoms with E-state index in [4.69, 9.17) is 11.6 Å². The lowest BCUT2D eigenvalue weighted by molar-refractivity contribution is -0.387. The molecule has 1 aromatic heterocycles. The minimum absolute atomic E-state index is 0.0429. The molecule has 5 nitrogen and oxygen atoms in total. The fraction of sp³-hybridized carbons (Fsp3) is 0. The van der Waals surface area contributed by atoms with Gasteiger partial charge in [-0.3, -0.25) is 10.1 Å². The second-order valence-corrected chi connectivity index (χ2v) is 5.51. The van der Waals surface area contributed by atoms with Crippen LogP contribution in [0.2, 0.25) is 5.28 Å². The predicted molar refractivity (Wildman–Crippen MR) is 81.8 cm³/mol. The van der Waals surface area contributed by atoms with Crippen LogP contribution in [0.15, 0.2) is 58.5 Å². The fourth-order valence-electron chi connectivity index (χ4n) is 1.90. The van der Waals surface area contributed by atoms with Crippen LogP contribution >= 0.6 is 23.4 Å². The van der Waals surface area contributed by atoms with Gasteiger partial charge in [-0.15, -0.1) is 0 Å². The molecule has 0 saturated carbocycles. The highest BCUT2D eigenvalue weighted by atomic mass is 35.5. The normalized spacial score (nSPS) is 10.7. The maximum absolute atomic E-state index is 11.1. The number of nitrogens with zero attached hydrogens (tertiary/aromatic N) is 3. The third-order valence-corrected chi connectivity index (χ3v) is 4.05. The molecule has 3 rings (SSSR count). The maximum atomic E-state index is 11.1. The van der Waals surface area contributed by atoms with E-state index in [0.29, 0.717) is 15.4 Å². The first kappa shape index (κ1) is 13.8. The highest BCUT2D eigenvalue weighted by molar-refractivity contribution is 7.99. The van der Waals surface area contributed by atoms with Crippen LogP contribution in [-0.2, 0) is 0 Å². The quantitative estimate of drug-likeness (QED) is 0.311. The Morgan fingerprint density at radius 1 is 1.05 bits per heavy atom. The summed E-state index contributed by atoms with van der Waals surface area (Å²) < 4.78 is 0. The zero-order chi connectivity index (χ0) is 14.8. The van der Waals surface area contributed by atoms with E-state index < -0.39 is 4.92 Å². The smallest absolute Gasteiger partial charge is 0.258 e. The minimum Gasteiger partial charge on any atom is -0.258 e. The number of para-hydroxylation sites is 2. The van der Waals surface area contributed by atoms with Crippen LogP contribution in [0.4, 0.5) is 5.69 Å². The van der Waals surface area contributed by atoms with Gasteiger partial charge in [0.1, 0.15) is 5.03 Å². The molecule has 0 bridgehead atoms. The SMILES string of the molecule is O=[N+]([O-])c1ccccc1Sc1nc(Cl)nc2ccccc12. The van der Waals surface area contributed by atoms with Gasteiger partial charge in [0.25, 0.3) is 5.69 Å². The van der Waals surface area contributed by atoms with E-state index in [1.165, 1.54) is 17.8 Å². The van der Waals surface area contributed by atoms with Gasteiger partial charge < -0.3 is 0 Å². The summed E-state index contributed by atoms with van der Waals surface area (Å²) >= 11 is 7.13. The maximum Gasteiger partial charge on any atom is 0.283 e. The van der Waals surface area contributed by atoms with Crippen molar-refractivity contribution in [2.75, 3.05) is 0 Å². The Bertz CT molecular complexity index is 841. The van der Waals surface area contributed by atoms with Gasteiger partial charge >= 0.3 is 0 Å². The van der Waals surface area contributed by atoms with Crippen LogP contribution in [0.25, 0.3) is 10.9 Å². The predicted octanol–water partition coefficient (Wildman–Crippen LogP) is 4.34. The lowest BCUT2D eigenvalue weighted by atomic mass is 10.2. The number of benzene rings is 2. The first-order valence-corrected chi connectivity index (χ1v) is 7.18. The number of hydrogen-bond donors (Lipinski definition) is 0. The average molecular weight is 318 g/mol. The molecular formula is C14H8ClN3O2S. The Labute approximate surface area is 129 Å². The first-order chi connectivity index (χ1) is 10.1. The van der Waals surface area contributed by atoms with Crippen LogP contribution in [0, 0.1) is 10.1 Å². The molecule has 0 atom stereocenters. The second kappa shape index (κ2) is 5.67. The second-order valence-electron chi connectivity index (χ2n) is 4.14. The number of nitro benzene ring substituents is 1. The summed E-state index contributed by atoms with van der Waals surface area (Å²) in [5.41, 5.74) is 0.750. The summed E-state index contributed by atoms with van der Waals surface area (Å²) in [6, 6.07) is 13.9. The lowest BCUT2D eigenvalue weighted by Crippen LogP contribution is -1.92. The summed E-state index contributed by atoms with van der Waals surface area (Å²) in [6.07, 6.45) is 0. The first-order valence-electron chi connectivity index (χ1n) is 5.99. The van der Waals surface area contributed by atoms with Crippen molar-refractivity contribution >= 4 is 40.0 Å². The summed E-state index contributed by atoms with van der Waals surface area (Å²) in [5.74, 6) is 0. The van der Waals surface area contributed by atoms with Crippen LogP contribution in [0.5, 0.6) is 0 Å². The monoisotopic (exact) mass is 317 g/mol. The molecule has 0 fully saturated rings. The number of halogens is 1. The molecule has 0 spiro atoms. The lowest BCUT2D eigenvalue weighted by Gasteiger charge is -2.06. The van der Waals surface area contributed by atoms with E-state index in [9.17, 15) is 10.1 Å². The molecule has 0 N–H and O–H groups in total. The fourth-order valence-corrected chi connectivity index (χ4v) is 3.14. The van der Waals surface area contributed by atoms with Gasteiger partial charge in [0.15, 0.2) is 0 Å².